The Morgan fingerprint density at radius 2 is 1.14 bits per heavy atom. The molecule has 11 aromatic rings. The topological polar surface area (TPSA) is 68.0 Å². The van der Waals surface area contributed by atoms with Crippen molar-refractivity contribution in [3.05, 3.63) is 199 Å². The molecule has 12 rings (SSSR count). The zero-order valence-electron chi connectivity index (χ0n) is 30.6. The molecule has 0 amide bonds. The van der Waals surface area contributed by atoms with Crippen LogP contribution in [0.5, 0.6) is 0 Å². The Bertz CT molecular complexity index is 3440. The van der Waals surface area contributed by atoms with E-state index in [1.807, 2.05) is 48.5 Å². The highest BCUT2D eigenvalue weighted by atomic mass is 16.3. The number of furan rings is 2. The lowest BCUT2D eigenvalue weighted by atomic mass is 10.0. The van der Waals surface area contributed by atoms with Crippen LogP contribution in [0.25, 0.3) is 82.5 Å². The van der Waals surface area contributed by atoms with Crippen molar-refractivity contribution in [2.45, 2.75) is 6.17 Å². The molecule has 1 N–H and O–H groups in total. The Kier molecular flexibility index (Phi) is 6.89. The number of nitrogens with one attached hydrogen (secondary N) is 1. The molecule has 8 aromatic carbocycles. The Balaban J connectivity index is 1.08. The molecule has 6 nitrogen and oxygen atoms in total. The van der Waals surface area contributed by atoms with E-state index < -0.39 is 0 Å². The van der Waals surface area contributed by atoms with E-state index in [2.05, 4.69) is 143 Å². The molecule has 0 spiro atoms. The highest BCUT2D eigenvalue weighted by molar-refractivity contribution is 6.24. The summed E-state index contributed by atoms with van der Waals surface area (Å²) in [5.41, 5.74) is 11.6. The van der Waals surface area contributed by atoms with Gasteiger partial charge in [-0.25, -0.2) is 9.98 Å². The minimum absolute atomic E-state index is 0.381. The summed E-state index contributed by atoms with van der Waals surface area (Å²) in [6.07, 6.45) is -0.381. The van der Waals surface area contributed by atoms with Gasteiger partial charge in [0.25, 0.3) is 0 Å². The predicted octanol–water partition coefficient (Wildman–Crippen LogP) is 12.7. The summed E-state index contributed by atoms with van der Waals surface area (Å²) in [7, 11) is 0. The van der Waals surface area contributed by atoms with E-state index in [-0.39, 0.29) is 6.17 Å². The van der Waals surface area contributed by atoms with Gasteiger partial charge in [-0.2, -0.15) is 0 Å². The van der Waals surface area contributed by atoms with E-state index in [0.717, 1.165) is 82.9 Å². The number of hydrogen-bond donors (Lipinski definition) is 1. The van der Waals surface area contributed by atoms with Crippen molar-refractivity contribution in [3.8, 4) is 16.8 Å². The SMILES string of the molecule is c1ccc(-c2ccc3c4ccccc4n(-c4cccc5c4oc4cccc(C6=NC(c7ccccc7)NC(c7cccc8c7oc7ccccc78)=N6)c45)c3c2)cc1. The molecule has 0 saturated carbocycles. The lowest BCUT2D eigenvalue weighted by molar-refractivity contribution is 0.659. The average molecular weight is 733 g/mol. The van der Waals surface area contributed by atoms with E-state index in [1.165, 1.54) is 16.3 Å². The number of benzene rings is 8. The second kappa shape index (κ2) is 12.4. The minimum atomic E-state index is -0.381. The van der Waals surface area contributed by atoms with Gasteiger partial charge in [-0.15, -0.1) is 0 Å². The first-order valence-corrected chi connectivity index (χ1v) is 19.2. The third kappa shape index (κ3) is 4.90. The Hall–Kier alpha value is -7.70. The van der Waals surface area contributed by atoms with Crippen molar-refractivity contribution in [1.29, 1.82) is 0 Å². The molecular weight excluding hydrogens is 701 g/mol. The number of rotatable bonds is 5. The van der Waals surface area contributed by atoms with Crippen molar-refractivity contribution in [1.82, 2.24) is 9.88 Å². The summed E-state index contributed by atoms with van der Waals surface area (Å²) in [5.74, 6) is 1.32. The minimum Gasteiger partial charge on any atom is -0.455 e. The zero-order chi connectivity index (χ0) is 37.5. The summed E-state index contributed by atoms with van der Waals surface area (Å²) >= 11 is 0. The lowest BCUT2D eigenvalue weighted by Crippen LogP contribution is -2.33. The molecule has 1 aliphatic heterocycles. The van der Waals surface area contributed by atoms with Crippen LogP contribution in [0.3, 0.4) is 0 Å². The second-order valence-corrected chi connectivity index (χ2v) is 14.5. The molecule has 0 radical (unpaired) electrons. The van der Waals surface area contributed by atoms with Crippen LogP contribution in [0.2, 0.25) is 0 Å². The molecule has 1 unspecified atom stereocenters. The molecule has 1 atom stereocenters. The number of para-hydroxylation sites is 4. The molecule has 268 valence electrons. The molecule has 3 aromatic heterocycles. The number of aromatic nitrogens is 1. The molecule has 0 fully saturated rings. The van der Waals surface area contributed by atoms with E-state index in [1.54, 1.807) is 0 Å². The fraction of sp³-hybridized carbons (Fsp3) is 0.0196. The van der Waals surface area contributed by atoms with Crippen LogP contribution in [-0.4, -0.2) is 16.2 Å². The molecule has 4 heterocycles. The third-order valence-electron chi connectivity index (χ3n) is 11.3. The van der Waals surface area contributed by atoms with Crippen LogP contribution in [0.4, 0.5) is 0 Å². The Morgan fingerprint density at radius 3 is 2.04 bits per heavy atom. The van der Waals surface area contributed by atoms with Gasteiger partial charge in [0, 0.05) is 37.9 Å². The number of fused-ring (bicyclic) bond motifs is 9. The normalized spacial score (nSPS) is 14.5. The Morgan fingerprint density at radius 1 is 0.474 bits per heavy atom. The van der Waals surface area contributed by atoms with Gasteiger partial charge in [-0.05, 0) is 53.1 Å². The van der Waals surface area contributed by atoms with Crippen molar-refractivity contribution in [2.24, 2.45) is 9.98 Å². The molecule has 57 heavy (non-hydrogen) atoms. The van der Waals surface area contributed by atoms with Crippen LogP contribution >= 0.6 is 0 Å². The zero-order valence-corrected chi connectivity index (χ0v) is 30.6. The predicted molar refractivity (Wildman–Crippen MR) is 233 cm³/mol. The molecule has 0 saturated heterocycles. The van der Waals surface area contributed by atoms with E-state index in [9.17, 15) is 0 Å². The van der Waals surface area contributed by atoms with Gasteiger partial charge in [0.05, 0.1) is 22.3 Å². The van der Waals surface area contributed by atoms with E-state index in [4.69, 9.17) is 18.8 Å². The highest BCUT2D eigenvalue weighted by Crippen LogP contribution is 2.41. The average Bonchev–Trinajstić information content (AvgIpc) is 3.96. The van der Waals surface area contributed by atoms with Gasteiger partial charge in [0.2, 0.25) is 0 Å². The molecule has 6 heteroatoms. The van der Waals surface area contributed by atoms with Gasteiger partial charge >= 0.3 is 0 Å². The fourth-order valence-electron chi connectivity index (χ4n) is 8.68. The van der Waals surface area contributed by atoms with Crippen LogP contribution in [0, 0.1) is 0 Å². The van der Waals surface area contributed by atoms with E-state index >= 15 is 0 Å². The molecule has 0 bridgehead atoms. The van der Waals surface area contributed by atoms with Gasteiger partial charge in [-0.3, -0.25) is 0 Å². The second-order valence-electron chi connectivity index (χ2n) is 14.5. The molecule has 1 aliphatic rings. The van der Waals surface area contributed by atoms with Crippen molar-refractivity contribution in [2.75, 3.05) is 0 Å². The van der Waals surface area contributed by atoms with Gasteiger partial charge in [0.1, 0.15) is 28.8 Å². The summed E-state index contributed by atoms with van der Waals surface area (Å²) in [5, 5.41) is 10.1. The largest absolute Gasteiger partial charge is 0.455 e. The standard InChI is InChI=1S/C51H32N4O2/c1-3-14-31(15-4-1)33-28-29-35-34-18-7-9-24-41(34)55(43(35)30-33)42-25-12-21-38-46-39(22-13-27-45(46)57-48(38)42)50-52-49(32-16-5-2-6-17-32)53-51(54-50)40-23-11-20-37-36-19-8-10-26-44(36)56-47(37)40/h1-30,49H,(H,52,53,54). The van der Waals surface area contributed by atoms with Gasteiger partial charge in [-0.1, -0.05) is 146 Å². The van der Waals surface area contributed by atoms with Crippen LogP contribution in [0.15, 0.2) is 201 Å². The van der Waals surface area contributed by atoms with Gasteiger partial charge in [0.15, 0.2) is 11.4 Å². The summed E-state index contributed by atoms with van der Waals surface area (Å²) < 4.78 is 15.8. The molecular formula is C51H32N4O2. The summed E-state index contributed by atoms with van der Waals surface area (Å²) in [6, 6.07) is 63.2. The fourth-order valence-corrected chi connectivity index (χ4v) is 8.68. The summed E-state index contributed by atoms with van der Waals surface area (Å²) in [6.45, 7) is 0. The first kappa shape index (κ1) is 31.6. The molecule has 0 aliphatic carbocycles. The van der Waals surface area contributed by atoms with Crippen LogP contribution in [0.1, 0.15) is 22.9 Å². The van der Waals surface area contributed by atoms with Crippen LogP contribution in [-0.2, 0) is 0 Å². The van der Waals surface area contributed by atoms with E-state index in [0.29, 0.717) is 11.7 Å². The van der Waals surface area contributed by atoms with Crippen molar-refractivity contribution < 1.29 is 8.83 Å². The maximum absolute atomic E-state index is 6.91. The third-order valence-corrected chi connectivity index (χ3v) is 11.3. The first-order valence-electron chi connectivity index (χ1n) is 19.2. The first-order chi connectivity index (χ1) is 28.3. The maximum Gasteiger partial charge on any atom is 0.160 e. The smallest absolute Gasteiger partial charge is 0.160 e. The lowest BCUT2D eigenvalue weighted by Gasteiger charge is -2.24. The maximum atomic E-state index is 6.91. The highest BCUT2D eigenvalue weighted by Gasteiger charge is 2.26. The number of nitrogens with zero attached hydrogens (tertiary/aromatic N) is 3. The summed E-state index contributed by atoms with van der Waals surface area (Å²) in [4.78, 5) is 10.6. The monoisotopic (exact) mass is 732 g/mol. The quantitative estimate of drug-likeness (QED) is 0.192. The Labute approximate surface area is 326 Å². The number of amidine groups is 2. The van der Waals surface area contributed by atoms with Crippen molar-refractivity contribution in [3.63, 3.8) is 0 Å². The van der Waals surface area contributed by atoms with Crippen LogP contribution < -0.4 is 5.32 Å². The van der Waals surface area contributed by atoms with Crippen molar-refractivity contribution >= 4 is 77.4 Å². The number of hydrogen-bond acceptors (Lipinski definition) is 5. The van der Waals surface area contributed by atoms with Gasteiger partial charge < -0.3 is 18.7 Å². The number of aliphatic imine (C=N–C) groups is 2.